The number of carbonyl (C=O) groups excluding carboxylic acids is 2. The Morgan fingerprint density at radius 2 is 1.80 bits per heavy atom. The van der Waals surface area contributed by atoms with E-state index in [4.69, 9.17) is 19.9 Å². The van der Waals surface area contributed by atoms with Crippen molar-refractivity contribution in [2.24, 2.45) is 0 Å². The van der Waals surface area contributed by atoms with Crippen molar-refractivity contribution in [2.75, 3.05) is 18.9 Å². The minimum Gasteiger partial charge on any atom is -0.463 e. The number of nitrogens with two attached hydrogens (primary N) is 1. The van der Waals surface area contributed by atoms with Gasteiger partial charge >= 0.3 is 11.9 Å². The lowest BCUT2D eigenvalue weighted by atomic mass is 10.4. The summed E-state index contributed by atoms with van der Waals surface area (Å²) in [7, 11) is 0. The van der Waals surface area contributed by atoms with E-state index < -0.39 is 6.10 Å². The van der Waals surface area contributed by atoms with Crippen molar-refractivity contribution in [3.8, 4) is 0 Å². The monoisotopic (exact) mass is 351 g/mol. The quantitative estimate of drug-likeness (QED) is 0.647. The van der Waals surface area contributed by atoms with Crippen molar-refractivity contribution in [2.45, 2.75) is 39.5 Å². The van der Waals surface area contributed by atoms with Gasteiger partial charge in [0.15, 0.2) is 5.65 Å². The Morgan fingerprint density at radius 1 is 1.16 bits per heavy atom. The van der Waals surface area contributed by atoms with Crippen LogP contribution in [-0.2, 0) is 30.5 Å². The van der Waals surface area contributed by atoms with E-state index in [1.807, 2.05) is 0 Å². The van der Waals surface area contributed by atoms with Gasteiger partial charge in [0.25, 0.3) is 0 Å². The first-order chi connectivity index (χ1) is 12.0. The summed E-state index contributed by atoms with van der Waals surface area (Å²) in [5, 5.41) is 0. The molecule has 0 fully saturated rings. The van der Waals surface area contributed by atoms with Crippen LogP contribution in [0, 0.1) is 0 Å². The number of rotatable bonds is 9. The number of nitrogen functional groups attached to an aromatic ring is 1. The van der Waals surface area contributed by atoms with E-state index in [1.54, 1.807) is 18.4 Å². The molecule has 0 aromatic carbocycles. The second kappa shape index (κ2) is 8.92. The molecule has 2 aromatic heterocycles. The van der Waals surface area contributed by atoms with Gasteiger partial charge in [-0.3, -0.25) is 9.59 Å². The molecule has 0 radical (unpaired) electrons. The minimum absolute atomic E-state index is 0.0141. The molecule has 136 valence electrons. The molecule has 10 heteroatoms. The predicted molar refractivity (Wildman–Crippen MR) is 87.1 cm³/mol. The molecule has 0 spiro atoms. The van der Waals surface area contributed by atoms with E-state index in [0.29, 0.717) is 11.2 Å². The molecule has 0 saturated carbocycles. The average Bonchev–Trinajstić information content (AvgIpc) is 3.02. The van der Waals surface area contributed by atoms with Crippen LogP contribution in [0.25, 0.3) is 11.2 Å². The zero-order valence-electron chi connectivity index (χ0n) is 14.2. The molecule has 10 nitrogen and oxygen atoms in total. The molecule has 0 bridgehead atoms. The molecule has 0 saturated heterocycles. The lowest BCUT2D eigenvalue weighted by molar-refractivity contribution is -0.157. The van der Waals surface area contributed by atoms with Crippen molar-refractivity contribution in [1.82, 2.24) is 19.5 Å². The van der Waals surface area contributed by atoms with E-state index in [9.17, 15) is 9.59 Å². The Bertz CT molecular complexity index is 712. The normalized spacial score (nSPS) is 11.0. The number of imidazole rings is 1. The smallest absolute Gasteiger partial charge is 0.305 e. The number of hydrogen-bond acceptors (Lipinski definition) is 9. The molecule has 2 N–H and O–H groups in total. The first-order valence-electron chi connectivity index (χ1n) is 7.89. The number of anilines is 1. The molecular formula is C15H21N5O5. The first kappa shape index (κ1) is 18.6. The third kappa shape index (κ3) is 5.38. The van der Waals surface area contributed by atoms with Gasteiger partial charge in [-0.05, 0) is 0 Å². The molecular weight excluding hydrogens is 330 g/mol. The van der Waals surface area contributed by atoms with Crippen molar-refractivity contribution >= 4 is 29.1 Å². The maximum Gasteiger partial charge on any atom is 0.305 e. The summed E-state index contributed by atoms with van der Waals surface area (Å²) in [5.74, 6) is -0.575. The Hall–Kier alpha value is -2.75. The van der Waals surface area contributed by atoms with Crippen molar-refractivity contribution in [1.29, 1.82) is 0 Å². The van der Waals surface area contributed by atoms with E-state index >= 15 is 0 Å². The maximum absolute atomic E-state index is 11.3. The van der Waals surface area contributed by atoms with Gasteiger partial charge in [-0.1, -0.05) is 13.8 Å². The van der Waals surface area contributed by atoms with Crippen LogP contribution in [0.1, 0.15) is 26.7 Å². The highest BCUT2D eigenvalue weighted by Crippen LogP contribution is 2.11. The van der Waals surface area contributed by atoms with Crippen LogP contribution < -0.4 is 5.73 Å². The van der Waals surface area contributed by atoms with Gasteiger partial charge in [0.1, 0.15) is 31.6 Å². The molecule has 2 heterocycles. The van der Waals surface area contributed by atoms with Crippen LogP contribution in [0.15, 0.2) is 12.5 Å². The number of ether oxygens (including phenoxy) is 3. The fourth-order valence-corrected chi connectivity index (χ4v) is 1.87. The van der Waals surface area contributed by atoms with Crippen LogP contribution >= 0.6 is 0 Å². The van der Waals surface area contributed by atoms with Gasteiger partial charge in [-0.25, -0.2) is 9.97 Å². The predicted octanol–water partition coefficient (Wildman–Crippen LogP) is 0.658. The lowest BCUT2D eigenvalue weighted by Gasteiger charge is -2.18. The van der Waals surface area contributed by atoms with E-state index in [2.05, 4.69) is 15.0 Å². The van der Waals surface area contributed by atoms with Gasteiger partial charge < -0.3 is 24.5 Å². The summed E-state index contributed by atoms with van der Waals surface area (Å²) in [4.78, 5) is 34.7. The van der Waals surface area contributed by atoms with Crippen LogP contribution in [0.3, 0.4) is 0 Å². The summed E-state index contributed by atoms with van der Waals surface area (Å²) in [6, 6.07) is 0. The Morgan fingerprint density at radius 3 is 2.40 bits per heavy atom. The zero-order chi connectivity index (χ0) is 18.2. The lowest BCUT2D eigenvalue weighted by Crippen LogP contribution is -2.29. The van der Waals surface area contributed by atoms with Crippen LogP contribution in [-0.4, -0.2) is 50.8 Å². The average molecular weight is 351 g/mol. The largest absolute Gasteiger partial charge is 0.463 e. The SMILES string of the molecule is CCC(=O)OCC(COC(=O)CC)OCn1cnc2nc(N)ncc21. The summed E-state index contributed by atoms with van der Waals surface area (Å²) in [6.45, 7) is 3.46. The summed E-state index contributed by atoms with van der Waals surface area (Å²) >= 11 is 0. The molecule has 2 rings (SSSR count). The number of aromatic nitrogens is 4. The Labute approximate surface area is 144 Å². The van der Waals surface area contributed by atoms with Gasteiger partial charge in [0.2, 0.25) is 5.95 Å². The van der Waals surface area contributed by atoms with Gasteiger partial charge in [0, 0.05) is 12.8 Å². The van der Waals surface area contributed by atoms with Gasteiger partial charge in [-0.15, -0.1) is 0 Å². The number of hydrogen-bond donors (Lipinski definition) is 1. The molecule has 0 atom stereocenters. The van der Waals surface area contributed by atoms with E-state index in [-0.39, 0.29) is 50.7 Å². The fraction of sp³-hybridized carbons (Fsp3) is 0.533. The van der Waals surface area contributed by atoms with Crippen molar-refractivity contribution in [3.63, 3.8) is 0 Å². The number of nitrogens with zero attached hydrogens (tertiary/aromatic N) is 4. The highest BCUT2D eigenvalue weighted by molar-refractivity contribution is 5.70. The summed E-state index contributed by atoms with van der Waals surface area (Å²) in [6.07, 6.45) is 2.99. The summed E-state index contributed by atoms with van der Waals surface area (Å²) in [5.41, 5.74) is 6.61. The number of carbonyl (C=O) groups is 2. The Kier molecular flexibility index (Phi) is 6.63. The summed E-state index contributed by atoms with van der Waals surface area (Å²) < 4.78 is 17.5. The van der Waals surface area contributed by atoms with Crippen molar-refractivity contribution < 1.29 is 23.8 Å². The van der Waals surface area contributed by atoms with E-state index in [1.165, 1.54) is 12.5 Å². The first-order valence-corrected chi connectivity index (χ1v) is 7.89. The van der Waals surface area contributed by atoms with Crippen molar-refractivity contribution in [3.05, 3.63) is 12.5 Å². The molecule has 0 unspecified atom stereocenters. The fourth-order valence-electron chi connectivity index (χ4n) is 1.87. The third-order valence-corrected chi connectivity index (χ3v) is 3.28. The highest BCUT2D eigenvalue weighted by atomic mass is 16.6. The molecule has 0 aliphatic heterocycles. The topological polar surface area (TPSA) is 131 Å². The zero-order valence-corrected chi connectivity index (χ0v) is 14.2. The molecule has 0 amide bonds. The minimum atomic E-state index is -0.599. The van der Waals surface area contributed by atoms with Crippen LogP contribution in [0.5, 0.6) is 0 Å². The molecule has 0 aliphatic rings. The molecule has 2 aromatic rings. The molecule has 25 heavy (non-hydrogen) atoms. The second-order valence-electron chi connectivity index (χ2n) is 5.14. The number of fused-ring (bicyclic) bond motifs is 1. The molecule has 0 aliphatic carbocycles. The van der Waals surface area contributed by atoms with Gasteiger partial charge in [0.05, 0.1) is 12.5 Å². The number of esters is 2. The Balaban J connectivity index is 1.98. The van der Waals surface area contributed by atoms with Gasteiger partial charge in [-0.2, -0.15) is 4.98 Å². The highest BCUT2D eigenvalue weighted by Gasteiger charge is 2.16. The maximum atomic E-state index is 11.3. The van der Waals surface area contributed by atoms with Crippen LogP contribution in [0.4, 0.5) is 5.95 Å². The second-order valence-corrected chi connectivity index (χ2v) is 5.14. The third-order valence-electron chi connectivity index (χ3n) is 3.28. The standard InChI is InChI=1S/C15H21N5O5/c1-3-12(21)23-6-10(7-24-13(22)4-2)25-9-20-8-18-14-11(20)5-17-15(16)19-14/h5,8,10H,3-4,6-7,9H2,1-2H3,(H2,16,17,19). The van der Waals surface area contributed by atoms with Crippen LogP contribution in [0.2, 0.25) is 0 Å². The van der Waals surface area contributed by atoms with E-state index in [0.717, 1.165) is 0 Å².